The molecule has 0 amide bonds. The minimum absolute atomic E-state index is 0.556. The molecule has 0 saturated heterocycles. The number of hydrogen-bond donors (Lipinski definition) is 0. The molecule has 0 aromatic carbocycles. The maximum atomic E-state index is 6.02. The summed E-state index contributed by atoms with van der Waals surface area (Å²) in [6.07, 6.45) is -6.61. The first kappa shape index (κ1) is 22.4. The van der Waals surface area contributed by atoms with E-state index in [1.165, 1.54) is 0 Å². The Kier molecular flexibility index (Phi) is 10.9. The van der Waals surface area contributed by atoms with Crippen molar-refractivity contribution in [3.8, 4) is 0 Å². The highest BCUT2D eigenvalue weighted by Crippen LogP contribution is 2.01. The summed E-state index contributed by atoms with van der Waals surface area (Å²) in [5, 5.41) is 0. The van der Waals surface area contributed by atoms with Crippen LogP contribution in [-0.2, 0) is 0 Å². The first-order valence-electron chi connectivity index (χ1n) is 6.67. The van der Waals surface area contributed by atoms with E-state index < -0.39 is 57.5 Å². The molecule has 23 radical (unpaired) electrons. The summed E-state index contributed by atoms with van der Waals surface area (Å²) in [5.41, 5.74) is 0. The summed E-state index contributed by atoms with van der Waals surface area (Å²) in [5.74, 6) is 0. The largest absolute Gasteiger partial charge is 0 e. The van der Waals surface area contributed by atoms with Crippen LogP contribution < -0.4 is 0 Å². The lowest BCUT2D eigenvalue weighted by Crippen LogP contribution is -2.76. The summed E-state index contributed by atoms with van der Waals surface area (Å²) in [7, 11) is 64.6. The first-order chi connectivity index (χ1) is 9.50. The lowest BCUT2D eigenvalue weighted by Gasteiger charge is -2.38. The van der Waals surface area contributed by atoms with Crippen molar-refractivity contribution < 1.29 is 0 Å². The van der Waals surface area contributed by atoms with Gasteiger partial charge < -0.3 is 0 Å². The van der Waals surface area contributed by atoms with Gasteiger partial charge in [0.15, 0.2) is 0 Å². The molecule has 0 fully saturated rings. The maximum absolute atomic E-state index is 6.02. The van der Waals surface area contributed by atoms with Gasteiger partial charge >= 0.3 is 0 Å². The van der Waals surface area contributed by atoms with Crippen molar-refractivity contribution in [1.82, 2.24) is 0 Å². The molecule has 0 aromatic rings. The molecule has 0 aromatic heterocycles. The van der Waals surface area contributed by atoms with Gasteiger partial charge in [0.25, 0.3) is 0 Å². The van der Waals surface area contributed by atoms with E-state index in [0.717, 1.165) is 0 Å². The third-order valence-corrected chi connectivity index (χ3v) is 3.56. The van der Waals surface area contributed by atoms with Crippen LogP contribution in [0.25, 0.3) is 0 Å². The quantitative estimate of drug-likeness (QED) is 0.343. The fourth-order valence-corrected chi connectivity index (χ4v) is 2.31. The highest BCUT2D eigenvalue weighted by atomic mass is 13.2. The van der Waals surface area contributed by atoms with Crippen molar-refractivity contribution in [2.24, 2.45) is 0 Å². The average Bonchev–Trinajstić information content (AvgIpc) is 2.30. The van der Waals surface area contributed by atoms with Crippen LogP contribution in [-0.4, -0.2) is 150 Å². The molecule has 0 nitrogen and oxygen atoms in total. The van der Waals surface area contributed by atoms with E-state index in [4.69, 9.17) is 85.1 Å². The Balaban J connectivity index is 5.40. The Morgan fingerprint density at radius 3 is 1.05 bits per heavy atom. The van der Waals surface area contributed by atoms with Crippen LogP contribution in [0.3, 0.4) is 0 Å². The van der Waals surface area contributed by atoms with Crippen molar-refractivity contribution in [1.29, 1.82) is 0 Å². The van der Waals surface area contributed by atoms with E-state index >= 15 is 0 Å². The van der Waals surface area contributed by atoms with Gasteiger partial charge in [0.1, 0.15) is 0 Å². The molecule has 0 bridgehead atoms. The average molecular weight is 227 g/mol. The molecule has 0 saturated carbocycles. The molecule has 0 atom stereocenters. The number of hydrogen-bond acceptors (Lipinski definition) is 0. The number of rotatable bonds is 9. The molecular formula is B21. The molecular weight excluding hydrogens is 227 g/mol. The Hall–Kier alpha value is 1.36. The van der Waals surface area contributed by atoms with Crippen molar-refractivity contribution in [2.45, 2.75) is 0 Å². The summed E-state index contributed by atoms with van der Waals surface area (Å²) < 4.78 is 0. The van der Waals surface area contributed by atoms with Gasteiger partial charge in [0, 0.05) is 150 Å². The van der Waals surface area contributed by atoms with Gasteiger partial charge in [-0.2, -0.15) is 0 Å². The lowest BCUT2D eigenvalue weighted by atomic mass is 8.43. The normalized spacial score (nSPS) is 9.14. The highest BCUT2D eigenvalue weighted by molar-refractivity contribution is 8.15. The minimum Gasteiger partial charge on any atom is 0 e. The summed E-state index contributed by atoms with van der Waals surface area (Å²) in [4.78, 5) is 0. The molecule has 0 heterocycles. The van der Waals surface area contributed by atoms with Gasteiger partial charge in [0.2, 0.25) is 0 Å². The van der Waals surface area contributed by atoms with E-state index in [1.54, 1.807) is 7.06 Å². The Morgan fingerprint density at radius 2 is 0.810 bits per heavy atom. The van der Waals surface area contributed by atoms with E-state index in [1.807, 2.05) is 0 Å². The molecule has 0 N–H and O–H groups in total. The fourth-order valence-electron chi connectivity index (χ4n) is 2.31. The molecule has 0 unspecified atom stereocenters. The van der Waals surface area contributed by atoms with Crippen molar-refractivity contribution in [2.75, 3.05) is 0 Å². The third-order valence-electron chi connectivity index (χ3n) is 3.56. The van der Waals surface area contributed by atoms with Gasteiger partial charge in [-0.25, -0.2) is 0 Å². The van der Waals surface area contributed by atoms with Crippen LogP contribution in [0.15, 0.2) is 0 Å². The molecule has 21 heavy (non-hydrogen) atoms. The van der Waals surface area contributed by atoms with Crippen LogP contribution in [0.1, 0.15) is 0 Å². The Labute approximate surface area is 149 Å². The Morgan fingerprint density at radius 1 is 0.429 bits per heavy atom. The predicted molar refractivity (Wildman–Crippen MR) is 121 cm³/mol. The van der Waals surface area contributed by atoms with E-state index in [-0.39, 0.29) is 0 Å². The van der Waals surface area contributed by atoms with Crippen molar-refractivity contribution >= 4 is 150 Å². The van der Waals surface area contributed by atoms with Gasteiger partial charge in [-0.15, -0.1) is 0 Å². The van der Waals surface area contributed by atoms with Crippen molar-refractivity contribution in [3.05, 3.63) is 0 Å². The van der Waals surface area contributed by atoms with E-state index in [2.05, 4.69) is 0 Å². The van der Waals surface area contributed by atoms with Crippen LogP contribution in [0.2, 0.25) is 0 Å². The lowest BCUT2D eigenvalue weighted by molar-refractivity contribution is 3.38. The van der Waals surface area contributed by atoms with E-state index in [9.17, 15) is 0 Å². The van der Waals surface area contributed by atoms with Gasteiger partial charge in [0.05, 0.1) is 0 Å². The second kappa shape index (κ2) is 10.3. The zero-order valence-corrected chi connectivity index (χ0v) is 12.1. The van der Waals surface area contributed by atoms with Crippen LogP contribution >= 0.6 is 0 Å². The molecule has 0 aliphatic carbocycles. The minimum atomic E-state index is -0.852. The van der Waals surface area contributed by atoms with Gasteiger partial charge in [-0.3, -0.25) is 0 Å². The standard InChI is InChI=1S/B21/c1-13(2)18(11)20(21(16(7)8)17(9)10)12-19(14(3)4)15(5)6. The van der Waals surface area contributed by atoms with Crippen LogP contribution in [0, 0.1) is 0 Å². The molecule has 21 heteroatoms. The summed E-state index contributed by atoms with van der Waals surface area (Å²) in [6.45, 7) is 0. The van der Waals surface area contributed by atoms with Crippen LogP contribution in [0.5, 0.6) is 0 Å². The molecule has 0 rings (SSSR count). The van der Waals surface area contributed by atoms with Gasteiger partial charge in [-0.05, 0) is 0 Å². The fraction of sp³-hybridized carbons (Fsp3) is 0. The first-order valence-corrected chi connectivity index (χ1v) is 6.67. The van der Waals surface area contributed by atoms with Gasteiger partial charge in [-0.1, -0.05) is 0 Å². The highest BCUT2D eigenvalue weighted by Gasteiger charge is 2.39. The molecule has 63 valence electrons. The second-order valence-electron chi connectivity index (χ2n) is 5.39. The third kappa shape index (κ3) is 7.20. The summed E-state index contributed by atoms with van der Waals surface area (Å²) in [6, 6.07) is 0. The maximum Gasteiger partial charge on any atom is 0 e. The monoisotopic (exact) mass is 231 g/mol. The molecule has 0 spiro atoms. The second-order valence-corrected chi connectivity index (χ2v) is 5.39. The topological polar surface area (TPSA) is 0 Å². The Bertz CT molecular complexity index is 243. The van der Waals surface area contributed by atoms with Crippen LogP contribution in [0.4, 0.5) is 0 Å². The van der Waals surface area contributed by atoms with E-state index in [0.29, 0.717) is 0 Å². The zero-order valence-electron chi connectivity index (χ0n) is 12.1. The SMILES string of the molecule is [B]B([B])B([B])B([B]B(B([B])[B])B([B])[B])B(B([B])[B])B([B])[B]. The molecule has 0 aliphatic rings. The zero-order chi connectivity index (χ0) is 16.9. The summed E-state index contributed by atoms with van der Waals surface area (Å²) >= 11 is 0. The predicted octanol–water partition coefficient (Wildman–Crippen LogP) is -8.00. The smallest absolute Gasteiger partial charge is 0 e. The molecule has 0 aliphatic heterocycles. The van der Waals surface area contributed by atoms with Crippen molar-refractivity contribution in [3.63, 3.8) is 0 Å².